The third kappa shape index (κ3) is 2.80. The van der Waals surface area contributed by atoms with E-state index in [0.717, 1.165) is 11.4 Å². The summed E-state index contributed by atoms with van der Waals surface area (Å²) in [6, 6.07) is 3.72. The van der Waals surface area contributed by atoms with Crippen LogP contribution in [0, 0.1) is 0 Å². The van der Waals surface area contributed by atoms with Crippen molar-refractivity contribution in [1.82, 2.24) is 10.3 Å². The SMILES string of the molecule is CN(C)Cc1ccc(C(=O)NN)s1. The molecule has 0 spiro atoms. The zero-order valence-electron chi connectivity index (χ0n) is 7.70. The molecule has 5 heteroatoms. The quantitative estimate of drug-likeness (QED) is 0.421. The van der Waals surface area contributed by atoms with Crippen LogP contribution in [-0.4, -0.2) is 24.9 Å². The number of amides is 1. The predicted molar refractivity (Wildman–Crippen MR) is 53.4 cm³/mol. The normalized spacial score (nSPS) is 10.5. The van der Waals surface area contributed by atoms with E-state index in [2.05, 4.69) is 10.3 Å². The molecule has 1 rings (SSSR count). The molecule has 0 radical (unpaired) electrons. The van der Waals surface area contributed by atoms with E-state index >= 15 is 0 Å². The van der Waals surface area contributed by atoms with Crippen molar-refractivity contribution >= 4 is 17.2 Å². The van der Waals surface area contributed by atoms with Gasteiger partial charge in [0.15, 0.2) is 0 Å². The van der Waals surface area contributed by atoms with E-state index in [-0.39, 0.29) is 5.91 Å². The molecule has 4 nitrogen and oxygen atoms in total. The van der Waals surface area contributed by atoms with Gasteiger partial charge in [0.25, 0.3) is 5.91 Å². The summed E-state index contributed by atoms with van der Waals surface area (Å²) >= 11 is 1.46. The predicted octanol–water partition coefficient (Wildman–Crippen LogP) is 0.413. The fourth-order valence-corrected chi connectivity index (χ4v) is 2.00. The van der Waals surface area contributed by atoms with Gasteiger partial charge in [-0.1, -0.05) is 0 Å². The minimum Gasteiger partial charge on any atom is -0.304 e. The van der Waals surface area contributed by atoms with Crippen LogP contribution in [0.4, 0.5) is 0 Å². The van der Waals surface area contributed by atoms with Gasteiger partial charge in [0, 0.05) is 11.4 Å². The minimum atomic E-state index is -0.227. The van der Waals surface area contributed by atoms with Gasteiger partial charge in [-0.15, -0.1) is 11.3 Å². The zero-order valence-corrected chi connectivity index (χ0v) is 8.52. The maximum absolute atomic E-state index is 11.1. The first-order valence-electron chi connectivity index (χ1n) is 3.88. The van der Waals surface area contributed by atoms with Crippen LogP contribution in [0.25, 0.3) is 0 Å². The number of nitrogen functional groups attached to an aromatic ring is 1. The van der Waals surface area contributed by atoms with Gasteiger partial charge in [-0.05, 0) is 26.2 Å². The number of carbonyl (C=O) groups excluding carboxylic acids is 1. The molecule has 1 aromatic rings. The molecule has 0 fully saturated rings. The van der Waals surface area contributed by atoms with Crippen LogP contribution in [0.15, 0.2) is 12.1 Å². The maximum Gasteiger partial charge on any atom is 0.275 e. The average molecular weight is 199 g/mol. The third-order valence-electron chi connectivity index (χ3n) is 1.49. The van der Waals surface area contributed by atoms with E-state index in [0.29, 0.717) is 4.88 Å². The summed E-state index contributed by atoms with van der Waals surface area (Å²) in [5, 5.41) is 0. The van der Waals surface area contributed by atoms with Gasteiger partial charge in [0.2, 0.25) is 0 Å². The van der Waals surface area contributed by atoms with Gasteiger partial charge < -0.3 is 4.90 Å². The molecule has 72 valence electrons. The number of nitrogens with two attached hydrogens (primary N) is 1. The lowest BCUT2D eigenvalue weighted by Crippen LogP contribution is -2.29. The van der Waals surface area contributed by atoms with Crippen LogP contribution >= 0.6 is 11.3 Å². The Hall–Kier alpha value is -0.910. The Balaban J connectivity index is 2.69. The summed E-state index contributed by atoms with van der Waals surface area (Å²) in [7, 11) is 3.98. The van der Waals surface area contributed by atoms with E-state index in [4.69, 9.17) is 5.84 Å². The molecular weight excluding hydrogens is 186 g/mol. The second-order valence-corrected chi connectivity index (χ2v) is 4.15. The Bertz CT molecular complexity index is 295. The number of hydrazine groups is 1. The topological polar surface area (TPSA) is 58.4 Å². The van der Waals surface area contributed by atoms with Gasteiger partial charge >= 0.3 is 0 Å². The fourth-order valence-electron chi connectivity index (χ4n) is 0.968. The Morgan fingerprint density at radius 1 is 1.62 bits per heavy atom. The molecule has 0 aromatic carbocycles. The van der Waals surface area contributed by atoms with E-state index in [1.54, 1.807) is 6.07 Å². The van der Waals surface area contributed by atoms with Crippen molar-refractivity contribution in [2.75, 3.05) is 14.1 Å². The van der Waals surface area contributed by atoms with Crippen LogP contribution < -0.4 is 11.3 Å². The lowest BCUT2D eigenvalue weighted by atomic mass is 10.4. The summed E-state index contributed by atoms with van der Waals surface area (Å²) < 4.78 is 0. The number of nitrogens with one attached hydrogen (secondary N) is 1. The number of hydrogen-bond donors (Lipinski definition) is 2. The summed E-state index contributed by atoms with van der Waals surface area (Å²) in [5.41, 5.74) is 2.11. The van der Waals surface area contributed by atoms with E-state index in [1.165, 1.54) is 11.3 Å². The molecule has 0 bridgehead atoms. The Morgan fingerprint density at radius 2 is 2.31 bits per heavy atom. The molecule has 1 amide bonds. The average Bonchev–Trinajstić information content (AvgIpc) is 2.50. The lowest BCUT2D eigenvalue weighted by Gasteiger charge is -2.05. The molecule has 3 N–H and O–H groups in total. The van der Waals surface area contributed by atoms with Crippen molar-refractivity contribution in [3.63, 3.8) is 0 Å². The monoisotopic (exact) mass is 199 g/mol. The lowest BCUT2D eigenvalue weighted by molar-refractivity contribution is 0.0957. The van der Waals surface area contributed by atoms with Crippen molar-refractivity contribution in [3.8, 4) is 0 Å². The second-order valence-electron chi connectivity index (χ2n) is 2.98. The molecular formula is C8H13N3OS. The Kier molecular flexibility index (Phi) is 3.41. The third-order valence-corrected chi connectivity index (χ3v) is 2.56. The molecule has 0 atom stereocenters. The highest BCUT2D eigenvalue weighted by Gasteiger charge is 2.07. The highest BCUT2D eigenvalue weighted by atomic mass is 32.1. The van der Waals surface area contributed by atoms with Crippen molar-refractivity contribution in [2.45, 2.75) is 6.54 Å². The number of rotatable bonds is 3. The summed E-state index contributed by atoms with van der Waals surface area (Å²) in [6.45, 7) is 0.850. The molecule has 13 heavy (non-hydrogen) atoms. The maximum atomic E-state index is 11.1. The highest BCUT2D eigenvalue weighted by Crippen LogP contribution is 2.16. The molecule has 0 aliphatic rings. The van der Waals surface area contributed by atoms with Gasteiger partial charge in [0.05, 0.1) is 4.88 Å². The van der Waals surface area contributed by atoms with Crippen molar-refractivity contribution in [2.24, 2.45) is 5.84 Å². The van der Waals surface area contributed by atoms with Crippen LogP contribution in [0.5, 0.6) is 0 Å². The first-order valence-corrected chi connectivity index (χ1v) is 4.69. The van der Waals surface area contributed by atoms with Gasteiger partial charge in [-0.2, -0.15) is 0 Å². The van der Waals surface area contributed by atoms with Crippen LogP contribution in [0.2, 0.25) is 0 Å². The summed E-state index contributed by atoms with van der Waals surface area (Å²) in [6.07, 6.45) is 0. The van der Waals surface area contributed by atoms with Crippen molar-refractivity contribution in [1.29, 1.82) is 0 Å². The molecule has 1 heterocycles. The van der Waals surface area contributed by atoms with Crippen LogP contribution in [-0.2, 0) is 6.54 Å². The summed E-state index contributed by atoms with van der Waals surface area (Å²) in [4.78, 5) is 14.9. The molecule has 0 saturated heterocycles. The number of thiophene rings is 1. The first-order chi connectivity index (χ1) is 6.13. The largest absolute Gasteiger partial charge is 0.304 e. The molecule has 1 aromatic heterocycles. The van der Waals surface area contributed by atoms with Crippen molar-refractivity contribution < 1.29 is 4.79 Å². The Labute approximate surface area is 81.3 Å². The van der Waals surface area contributed by atoms with Crippen LogP contribution in [0.3, 0.4) is 0 Å². The molecule has 0 aliphatic carbocycles. The number of hydrogen-bond acceptors (Lipinski definition) is 4. The van der Waals surface area contributed by atoms with Gasteiger partial charge in [0.1, 0.15) is 0 Å². The molecule has 0 unspecified atom stereocenters. The smallest absolute Gasteiger partial charge is 0.275 e. The van der Waals surface area contributed by atoms with E-state index in [9.17, 15) is 4.79 Å². The highest BCUT2D eigenvalue weighted by molar-refractivity contribution is 7.14. The Morgan fingerprint density at radius 3 is 2.85 bits per heavy atom. The van der Waals surface area contributed by atoms with Crippen LogP contribution in [0.1, 0.15) is 14.5 Å². The number of carbonyl (C=O) groups is 1. The van der Waals surface area contributed by atoms with Crippen molar-refractivity contribution in [3.05, 3.63) is 21.9 Å². The van der Waals surface area contributed by atoms with E-state index in [1.807, 2.05) is 20.2 Å². The van der Waals surface area contributed by atoms with Gasteiger partial charge in [-0.25, -0.2) is 5.84 Å². The molecule has 0 saturated carbocycles. The minimum absolute atomic E-state index is 0.227. The van der Waals surface area contributed by atoms with E-state index < -0.39 is 0 Å². The summed E-state index contributed by atoms with van der Waals surface area (Å²) in [5.74, 6) is 4.78. The zero-order chi connectivity index (χ0) is 9.84. The van der Waals surface area contributed by atoms with Gasteiger partial charge in [-0.3, -0.25) is 10.2 Å². The molecule has 0 aliphatic heterocycles. The number of nitrogens with zero attached hydrogens (tertiary/aromatic N) is 1. The second kappa shape index (κ2) is 4.36. The standard InChI is InChI=1S/C8H13N3OS/c1-11(2)5-6-3-4-7(13-6)8(12)10-9/h3-4H,5,9H2,1-2H3,(H,10,12). The fraction of sp³-hybridized carbons (Fsp3) is 0.375. The first kappa shape index (κ1) is 10.2.